The maximum atomic E-state index is 14.6. The van der Waals surface area contributed by atoms with Crippen molar-refractivity contribution in [2.24, 2.45) is 0 Å². The van der Waals surface area contributed by atoms with Gasteiger partial charge < -0.3 is 5.11 Å². The number of aliphatic hydroxyl groups is 1. The highest BCUT2D eigenvalue weighted by Crippen LogP contribution is 2.45. The molecule has 2 aromatic carbocycles. The first-order chi connectivity index (χ1) is 13.1. The van der Waals surface area contributed by atoms with E-state index in [1.807, 2.05) is 6.07 Å². The average Bonchev–Trinajstić information content (AvgIpc) is 2.65. The van der Waals surface area contributed by atoms with Crippen molar-refractivity contribution in [1.82, 2.24) is 4.90 Å². The molecule has 2 heterocycles. The van der Waals surface area contributed by atoms with Crippen LogP contribution in [-0.2, 0) is 18.6 Å². The quantitative estimate of drug-likeness (QED) is 0.880. The van der Waals surface area contributed by atoms with Crippen LogP contribution < -0.4 is 0 Å². The van der Waals surface area contributed by atoms with Crippen LogP contribution in [0.3, 0.4) is 0 Å². The molecular formula is C23H25FN2O. The molecule has 0 radical (unpaired) electrons. The van der Waals surface area contributed by atoms with Crippen LogP contribution >= 0.6 is 0 Å². The molecular weight excluding hydrogens is 339 g/mol. The van der Waals surface area contributed by atoms with E-state index in [1.54, 1.807) is 12.1 Å². The second-order valence-electron chi connectivity index (χ2n) is 7.99. The highest BCUT2D eigenvalue weighted by molar-refractivity contribution is 5.32. The lowest BCUT2D eigenvalue weighted by molar-refractivity contribution is -0.101. The standard InChI is InChI=1S/C23H25FN2O/c24-22-10-9-17(11-12-25)13-21(22)23(27)14-19-7-4-8-20(15-23)26(19)16-18-5-2-1-3-6-18/h1-3,5-6,9-10,13,19-20,27H,4,7-8,11,14-16H2. The lowest BCUT2D eigenvalue weighted by Gasteiger charge is -2.52. The first-order valence-electron chi connectivity index (χ1n) is 9.77. The molecule has 2 atom stereocenters. The molecule has 3 nitrogen and oxygen atoms in total. The Balaban J connectivity index is 1.61. The van der Waals surface area contributed by atoms with Crippen molar-refractivity contribution in [3.63, 3.8) is 0 Å². The molecule has 27 heavy (non-hydrogen) atoms. The van der Waals surface area contributed by atoms with E-state index in [9.17, 15) is 9.50 Å². The monoisotopic (exact) mass is 364 g/mol. The molecule has 2 aliphatic heterocycles. The Hall–Kier alpha value is -2.22. The zero-order chi connectivity index (χ0) is 18.9. The lowest BCUT2D eigenvalue weighted by Crippen LogP contribution is -2.56. The molecule has 140 valence electrons. The Bertz CT molecular complexity index is 831. The van der Waals surface area contributed by atoms with Gasteiger partial charge in [0.05, 0.1) is 18.1 Å². The summed E-state index contributed by atoms with van der Waals surface area (Å²) in [6, 6.07) is 17.8. The van der Waals surface area contributed by atoms with E-state index in [0.29, 0.717) is 18.4 Å². The van der Waals surface area contributed by atoms with E-state index < -0.39 is 5.60 Å². The van der Waals surface area contributed by atoms with Crippen molar-refractivity contribution in [2.45, 2.75) is 62.8 Å². The number of benzene rings is 2. The summed E-state index contributed by atoms with van der Waals surface area (Å²) in [5.74, 6) is -0.367. The van der Waals surface area contributed by atoms with Gasteiger partial charge in [0.15, 0.2) is 0 Å². The fraction of sp³-hybridized carbons (Fsp3) is 0.435. The Morgan fingerprint density at radius 1 is 1.07 bits per heavy atom. The molecule has 0 saturated carbocycles. The Kier molecular flexibility index (Phi) is 4.99. The van der Waals surface area contributed by atoms with Gasteiger partial charge in [-0.3, -0.25) is 4.90 Å². The normalized spacial score (nSPS) is 27.9. The molecule has 2 aliphatic rings. The largest absolute Gasteiger partial charge is 0.385 e. The minimum atomic E-state index is -1.15. The van der Waals surface area contributed by atoms with Crippen molar-refractivity contribution in [3.05, 3.63) is 71.0 Å². The van der Waals surface area contributed by atoms with Gasteiger partial charge in [0, 0.05) is 24.2 Å². The van der Waals surface area contributed by atoms with Crippen LogP contribution in [0.25, 0.3) is 0 Å². The molecule has 4 rings (SSSR count). The van der Waals surface area contributed by atoms with Crippen LogP contribution in [-0.4, -0.2) is 22.1 Å². The van der Waals surface area contributed by atoms with E-state index in [0.717, 1.165) is 31.4 Å². The first-order valence-corrected chi connectivity index (χ1v) is 9.77. The summed E-state index contributed by atoms with van der Waals surface area (Å²) in [5, 5.41) is 20.4. The number of hydrogen-bond donors (Lipinski definition) is 1. The van der Waals surface area contributed by atoms with Gasteiger partial charge in [0.1, 0.15) is 5.82 Å². The Morgan fingerprint density at radius 2 is 1.78 bits per heavy atom. The maximum absolute atomic E-state index is 14.6. The van der Waals surface area contributed by atoms with Crippen LogP contribution in [0.15, 0.2) is 48.5 Å². The van der Waals surface area contributed by atoms with Gasteiger partial charge in [0.25, 0.3) is 0 Å². The third kappa shape index (κ3) is 3.63. The summed E-state index contributed by atoms with van der Waals surface area (Å²) < 4.78 is 14.6. The molecule has 0 aliphatic carbocycles. The molecule has 1 N–H and O–H groups in total. The van der Waals surface area contributed by atoms with Crippen molar-refractivity contribution in [1.29, 1.82) is 5.26 Å². The summed E-state index contributed by atoms with van der Waals surface area (Å²) in [6.07, 6.45) is 4.55. The molecule has 0 aromatic heterocycles. The zero-order valence-corrected chi connectivity index (χ0v) is 15.4. The van der Waals surface area contributed by atoms with Gasteiger partial charge >= 0.3 is 0 Å². The number of rotatable bonds is 4. The number of fused-ring (bicyclic) bond motifs is 2. The van der Waals surface area contributed by atoms with E-state index in [-0.39, 0.29) is 24.3 Å². The van der Waals surface area contributed by atoms with Crippen molar-refractivity contribution in [3.8, 4) is 6.07 Å². The zero-order valence-electron chi connectivity index (χ0n) is 15.4. The van der Waals surface area contributed by atoms with Crippen LogP contribution in [0.4, 0.5) is 4.39 Å². The molecule has 2 aromatic rings. The first kappa shape index (κ1) is 18.2. The van der Waals surface area contributed by atoms with Gasteiger partial charge in [-0.2, -0.15) is 5.26 Å². The van der Waals surface area contributed by atoms with E-state index >= 15 is 0 Å². The third-order valence-corrected chi connectivity index (χ3v) is 6.18. The fourth-order valence-corrected chi connectivity index (χ4v) is 4.92. The Labute approximate surface area is 160 Å². The SMILES string of the molecule is N#CCc1ccc(F)c(C2(O)CC3CCCC(C2)N3Cc2ccccc2)c1. The maximum Gasteiger partial charge on any atom is 0.129 e. The van der Waals surface area contributed by atoms with Gasteiger partial charge in [0.2, 0.25) is 0 Å². The second kappa shape index (κ2) is 7.42. The smallest absolute Gasteiger partial charge is 0.129 e. The minimum absolute atomic E-state index is 0.232. The fourth-order valence-electron chi connectivity index (χ4n) is 4.92. The number of nitrogens with zero attached hydrogens (tertiary/aromatic N) is 2. The summed E-state index contributed by atoms with van der Waals surface area (Å²) in [7, 11) is 0. The Morgan fingerprint density at radius 3 is 2.44 bits per heavy atom. The molecule has 2 bridgehead atoms. The highest BCUT2D eigenvalue weighted by atomic mass is 19.1. The lowest BCUT2D eigenvalue weighted by atomic mass is 9.72. The molecule has 2 unspecified atom stereocenters. The number of piperidine rings is 2. The highest BCUT2D eigenvalue weighted by Gasteiger charge is 2.47. The van der Waals surface area contributed by atoms with E-state index in [2.05, 4.69) is 35.2 Å². The van der Waals surface area contributed by atoms with E-state index in [4.69, 9.17) is 5.26 Å². The molecule has 0 amide bonds. The molecule has 2 saturated heterocycles. The van der Waals surface area contributed by atoms with Gasteiger partial charge in [-0.25, -0.2) is 4.39 Å². The van der Waals surface area contributed by atoms with Gasteiger partial charge in [-0.15, -0.1) is 0 Å². The third-order valence-electron chi connectivity index (χ3n) is 6.18. The van der Waals surface area contributed by atoms with Crippen molar-refractivity contribution < 1.29 is 9.50 Å². The number of halogens is 1. The molecule has 4 heteroatoms. The van der Waals surface area contributed by atoms with Crippen molar-refractivity contribution >= 4 is 0 Å². The average molecular weight is 364 g/mol. The summed E-state index contributed by atoms with van der Waals surface area (Å²) >= 11 is 0. The molecule has 2 fully saturated rings. The predicted octanol–water partition coefficient (Wildman–Crippen LogP) is 4.30. The predicted molar refractivity (Wildman–Crippen MR) is 102 cm³/mol. The summed E-state index contributed by atoms with van der Waals surface area (Å²) in [6.45, 7) is 0.878. The second-order valence-corrected chi connectivity index (χ2v) is 7.99. The summed E-state index contributed by atoms with van der Waals surface area (Å²) in [4.78, 5) is 2.50. The van der Waals surface area contributed by atoms with Crippen LogP contribution in [0, 0.1) is 17.1 Å². The van der Waals surface area contributed by atoms with Gasteiger partial charge in [-0.05, 0) is 48.9 Å². The number of hydrogen-bond acceptors (Lipinski definition) is 3. The van der Waals surface area contributed by atoms with Gasteiger partial charge in [-0.1, -0.05) is 42.8 Å². The molecule has 0 spiro atoms. The topological polar surface area (TPSA) is 47.3 Å². The minimum Gasteiger partial charge on any atom is -0.385 e. The number of nitriles is 1. The van der Waals surface area contributed by atoms with E-state index in [1.165, 1.54) is 11.6 Å². The summed E-state index contributed by atoms with van der Waals surface area (Å²) in [5.41, 5.74) is 1.26. The van der Waals surface area contributed by atoms with Crippen LogP contribution in [0.5, 0.6) is 0 Å². The van der Waals surface area contributed by atoms with Crippen LogP contribution in [0.1, 0.15) is 48.8 Å². The van der Waals surface area contributed by atoms with Crippen LogP contribution in [0.2, 0.25) is 0 Å². The van der Waals surface area contributed by atoms with Crippen molar-refractivity contribution in [2.75, 3.05) is 0 Å².